The Labute approximate surface area is 130 Å². The highest BCUT2D eigenvalue weighted by Crippen LogP contribution is 2.24. The van der Waals surface area contributed by atoms with Crippen LogP contribution >= 0.6 is 0 Å². The molecule has 1 heterocycles. The summed E-state index contributed by atoms with van der Waals surface area (Å²) in [5, 5.41) is 13.7. The maximum atomic E-state index is 10.5. The topological polar surface area (TPSA) is 63.9 Å². The second kappa shape index (κ2) is 6.85. The molecule has 0 aliphatic rings. The van der Waals surface area contributed by atoms with Crippen LogP contribution < -0.4 is 14.8 Å². The Hall–Kier alpha value is -1.98. The zero-order valence-electron chi connectivity index (χ0n) is 13.5. The third kappa shape index (κ3) is 4.02. The summed E-state index contributed by atoms with van der Waals surface area (Å²) in [4.78, 5) is 0. The number of ether oxygens (including phenoxy) is 2. The van der Waals surface area contributed by atoms with Crippen molar-refractivity contribution in [2.75, 3.05) is 20.8 Å². The zero-order chi connectivity index (χ0) is 16.2. The lowest BCUT2D eigenvalue weighted by Gasteiger charge is -2.21. The third-order valence-corrected chi connectivity index (χ3v) is 3.48. The molecule has 0 spiro atoms. The van der Waals surface area contributed by atoms with Crippen molar-refractivity contribution in [2.45, 2.75) is 26.0 Å². The van der Waals surface area contributed by atoms with E-state index in [9.17, 15) is 5.11 Å². The molecule has 0 amide bonds. The van der Waals surface area contributed by atoms with Crippen LogP contribution in [-0.2, 0) is 12.1 Å². The van der Waals surface area contributed by atoms with Gasteiger partial charge in [0.05, 0.1) is 14.2 Å². The van der Waals surface area contributed by atoms with Gasteiger partial charge in [-0.3, -0.25) is 0 Å². The van der Waals surface area contributed by atoms with Gasteiger partial charge in [-0.2, -0.15) is 0 Å². The van der Waals surface area contributed by atoms with Crippen LogP contribution in [0.4, 0.5) is 0 Å². The van der Waals surface area contributed by atoms with Crippen LogP contribution in [0, 0.1) is 6.92 Å². The quantitative estimate of drug-likeness (QED) is 0.823. The molecule has 0 saturated carbocycles. The first-order valence-electron chi connectivity index (χ1n) is 7.16. The molecular weight excluding hydrogens is 282 g/mol. The molecular formula is C17H23NO4. The maximum Gasteiger partial charge on any atom is 0.136 e. The standard InChI is InChI=1S/C17H23NO4/c1-12-5-6-16(22-12)17(2,19)11-18-10-13-7-14(20-3)9-15(8-13)21-4/h5-9,18-19H,10-11H2,1-4H3. The zero-order valence-corrected chi connectivity index (χ0v) is 13.5. The van der Waals surface area contributed by atoms with Gasteiger partial charge in [0, 0.05) is 19.2 Å². The van der Waals surface area contributed by atoms with E-state index in [4.69, 9.17) is 13.9 Å². The number of furan rings is 1. The van der Waals surface area contributed by atoms with Gasteiger partial charge in [0.15, 0.2) is 0 Å². The van der Waals surface area contributed by atoms with Crippen molar-refractivity contribution < 1.29 is 19.0 Å². The average molecular weight is 305 g/mol. The van der Waals surface area contributed by atoms with E-state index in [1.807, 2.05) is 31.2 Å². The van der Waals surface area contributed by atoms with Crippen LogP contribution in [0.3, 0.4) is 0 Å². The van der Waals surface area contributed by atoms with E-state index >= 15 is 0 Å². The number of aryl methyl sites for hydroxylation is 1. The van der Waals surface area contributed by atoms with Gasteiger partial charge in [-0.05, 0) is 43.7 Å². The van der Waals surface area contributed by atoms with E-state index in [0.29, 0.717) is 18.8 Å². The normalized spacial score (nSPS) is 13.7. The summed E-state index contributed by atoms with van der Waals surface area (Å²) in [6.45, 7) is 4.54. The molecule has 1 aromatic carbocycles. The van der Waals surface area contributed by atoms with E-state index in [2.05, 4.69) is 5.32 Å². The van der Waals surface area contributed by atoms with Gasteiger partial charge in [0.25, 0.3) is 0 Å². The Morgan fingerprint density at radius 1 is 1.14 bits per heavy atom. The number of rotatable bonds is 7. The molecule has 0 aliphatic heterocycles. The number of benzene rings is 1. The molecule has 0 fully saturated rings. The van der Waals surface area contributed by atoms with Crippen molar-refractivity contribution in [1.82, 2.24) is 5.32 Å². The molecule has 1 aromatic heterocycles. The molecule has 0 bridgehead atoms. The van der Waals surface area contributed by atoms with Crippen molar-refractivity contribution in [1.29, 1.82) is 0 Å². The van der Waals surface area contributed by atoms with Crippen LogP contribution in [0.25, 0.3) is 0 Å². The Morgan fingerprint density at radius 3 is 2.27 bits per heavy atom. The molecule has 0 aliphatic carbocycles. The highest BCUT2D eigenvalue weighted by atomic mass is 16.5. The smallest absolute Gasteiger partial charge is 0.136 e. The minimum atomic E-state index is -1.06. The summed E-state index contributed by atoms with van der Waals surface area (Å²) in [6, 6.07) is 9.33. The number of hydrogen-bond acceptors (Lipinski definition) is 5. The molecule has 120 valence electrons. The van der Waals surface area contributed by atoms with Gasteiger partial charge >= 0.3 is 0 Å². The molecule has 5 nitrogen and oxygen atoms in total. The number of aliphatic hydroxyl groups is 1. The van der Waals surface area contributed by atoms with Gasteiger partial charge < -0.3 is 24.3 Å². The fourth-order valence-electron chi connectivity index (χ4n) is 2.23. The molecule has 2 aromatic rings. The van der Waals surface area contributed by atoms with E-state index in [-0.39, 0.29) is 0 Å². The summed E-state index contributed by atoms with van der Waals surface area (Å²) in [5.41, 5.74) is -0.0420. The number of methoxy groups -OCH3 is 2. The highest BCUT2D eigenvalue weighted by Gasteiger charge is 2.26. The van der Waals surface area contributed by atoms with Crippen molar-refractivity contribution >= 4 is 0 Å². The summed E-state index contributed by atoms with van der Waals surface area (Å²) >= 11 is 0. The Morgan fingerprint density at radius 2 is 1.77 bits per heavy atom. The predicted octanol–water partition coefficient (Wildman–Crippen LogP) is 2.60. The second-order valence-corrected chi connectivity index (χ2v) is 5.51. The van der Waals surface area contributed by atoms with E-state index < -0.39 is 5.60 Å². The number of nitrogens with one attached hydrogen (secondary N) is 1. The first kappa shape index (κ1) is 16.4. The number of hydrogen-bond donors (Lipinski definition) is 2. The van der Waals surface area contributed by atoms with E-state index in [0.717, 1.165) is 22.8 Å². The molecule has 0 saturated heterocycles. The first-order valence-corrected chi connectivity index (χ1v) is 7.16. The van der Waals surface area contributed by atoms with Crippen LogP contribution in [0.15, 0.2) is 34.7 Å². The van der Waals surface area contributed by atoms with Crippen molar-refractivity contribution in [2.24, 2.45) is 0 Å². The molecule has 1 atom stereocenters. The predicted molar refractivity (Wildman–Crippen MR) is 84.3 cm³/mol. The summed E-state index contributed by atoms with van der Waals surface area (Å²) in [7, 11) is 3.24. The molecule has 22 heavy (non-hydrogen) atoms. The SMILES string of the molecule is COc1cc(CNCC(C)(O)c2ccc(C)o2)cc(OC)c1. The van der Waals surface area contributed by atoms with Crippen LogP contribution in [0.5, 0.6) is 11.5 Å². The third-order valence-electron chi connectivity index (χ3n) is 3.48. The van der Waals surface area contributed by atoms with Crippen molar-refractivity contribution in [3.8, 4) is 11.5 Å². The average Bonchev–Trinajstić information content (AvgIpc) is 2.94. The molecule has 2 N–H and O–H groups in total. The Kier molecular flexibility index (Phi) is 5.11. The molecule has 1 unspecified atom stereocenters. The molecule has 5 heteroatoms. The maximum absolute atomic E-state index is 10.5. The van der Waals surface area contributed by atoms with Gasteiger partial charge in [-0.15, -0.1) is 0 Å². The lowest BCUT2D eigenvalue weighted by molar-refractivity contribution is 0.0332. The van der Waals surface area contributed by atoms with Crippen LogP contribution in [-0.4, -0.2) is 25.9 Å². The fourth-order valence-corrected chi connectivity index (χ4v) is 2.23. The van der Waals surface area contributed by atoms with E-state index in [1.165, 1.54) is 0 Å². The van der Waals surface area contributed by atoms with Crippen LogP contribution in [0.1, 0.15) is 24.0 Å². The summed E-state index contributed by atoms with van der Waals surface area (Å²) in [6.07, 6.45) is 0. The monoisotopic (exact) mass is 305 g/mol. The summed E-state index contributed by atoms with van der Waals surface area (Å²) < 4.78 is 16.0. The van der Waals surface area contributed by atoms with Crippen LogP contribution in [0.2, 0.25) is 0 Å². The van der Waals surface area contributed by atoms with E-state index in [1.54, 1.807) is 27.2 Å². The minimum Gasteiger partial charge on any atom is -0.497 e. The largest absolute Gasteiger partial charge is 0.497 e. The van der Waals surface area contributed by atoms with Crippen molar-refractivity contribution in [3.63, 3.8) is 0 Å². The van der Waals surface area contributed by atoms with Gasteiger partial charge in [0.2, 0.25) is 0 Å². The van der Waals surface area contributed by atoms with Gasteiger partial charge in [-0.25, -0.2) is 0 Å². The van der Waals surface area contributed by atoms with Gasteiger partial charge in [-0.1, -0.05) is 0 Å². The highest BCUT2D eigenvalue weighted by molar-refractivity contribution is 5.38. The Balaban J connectivity index is 1.98. The fraction of sp³-hybridized carbons (Fsp3) is 0.412. The summed E-state index contributed by atoms with van der Waals surface area (Å²) in [5.74, 6) is 2.82. The minimum absolute atomic E-state index is 0.374. The van der Waals surface area contributed by atoms with Crippen molar-refractivity contribution in [3.05, 3.63) is 47.4 Å². The lowest BCUT2D eigenvalue weighted by atomic mass is 10.0. The molecule has 2 rings (SSSR count). The second-order valence-electron chi connectivity index (χ2n) is 5.51. The Bertz CT molecular complexity index is 597. The van der Waals surface area contributed by atoms with Gasteiger partial charge in [0.1, 0.15) is 28.6 Å². The lowest BCUT2D eigenvalue weighted by Crippen LogP contribution is -2.34. The first-order chi connectivity index (χ1) is 10.4. The molecule has 0 radical (unpaired) electrons.